The van der Waals surface area contributed by atoms with Crippen molar-refractivity contribution in [1.82, 2.24) is 9.97 Å². The van der Waals surface area contributed by atoms with E-state index in [0.717, 1.165) is 26.5 Å². The number of hydrogen-bond acceptors (Lipinski definition) is 4. The highest BCUT2D eigenvalue weighted by Crippen LogP contribution is 2.34. The second-order valence-electron chi connectivity index (χ2n) is 4.99. The zero-order valence-electron chi connectivity index (χ0n) is 12.1. The number of aromatic nitrogens is 2. The first-order valence-corrected chi connectivity index (χ1v) is 8.47. The standard InChI is InChI=1S/C16H16N2OS2/c1-9-10(2)21-16-13(9)15(19)17-14(18-16)11(3)20-12-7-5-4-6-8-12/h4-8,11H,1-3H3,(H,17,18,19)/t11-/m0/s1. The minimum absolute atomic E-state index is 0.0302. The molecular weight excluding hydrogens is 300 g/mol. The fourth-order valence-corrected chi connectivity index (χ4v) is 4.21. The van der Waals surface area contributed by atoms with Crippen molar-refractivity contribution in [3.8, 4) is 0 Å². The van der Waals surface area contributed by atoms with Gasteiger partial charge in [-0.05, 0) is 38.5 Å². The predicted octanol–water partition coefficient (Wildman–Crippen LogP) is 4.45. The normalized spacial score (nSPS) is 12.7. The average Bonchev–Trinajstić information content (AvgIpc) is 2.75. The summed E-state index contributed by atoms with van der Waals surface area (Å²) in [5.74, 6) is 0.739. The molecule has 1 atom stereocenters. The van der Waals surface area contributed by atoms with Crippen molar-refractivity contribution in [2.45, 2.75) is 30.9 Å². The van der Waals surface area contributed by atoms with Crippen LogP contribution in [0.4, 0.5) is 0 Å². The number of hydrogen-bond donors (Lipinski definition) is 1. The van der Waals surface area contributed by atoms with Gasteiger partial charge < -0.3 is 4.98 Å². The molecule has 1 N–H and O–H groups in total. The van der Waals surface area contributed by atoms with Gasteiger partial charge in [-0.25, -0.2) is 4.98 Å². The summed E-state index contributed by atoms with van der Waals surface area (Å²) in [6.45, 7) is 6.07. The molecule has 0 radical (unpaired) electrons. The van der Waals surface area contributed by atoms with Gasteiger partial charge in [-0.15, -0.1) is 23.1 Å². The minimum Gasteiger partial charge on any atom is -0.309 e. The molecule has 0 aliphatic carbocycles. The molecule has 0 aliphatic heterocycles. The zero-order chi connectivity index (χ0) is 15.0. The first kappa shape index (κ1) is 14.4. The predicted molar refractivity (Wildman–Crippen MR) is 90.4 cm³/mol. The Hall–Kier alpha value is -1.59. The molecule has 0 saturated heterocycles. The van der Waals surface area contributed by atoms with Crippen LogP contribution < -0.4 is 5.56 Å². The molecule has 0 unspecified atom stereocenters. The number of H-pyrrole nitrogens is 1. The van der Waals surface area contributed by atoms with Crippen LogP contribution in [0.1, 0.15) is 28.4 Å². The average molecular weight is 316 g/mol. The highest BCUT2D eigenvalue weighted by Gasteiger charge is 2.15. The van der Waals surface area contributed by atoms with Gasteiger partial charge in [-0.2, -0.15) is 0 Å². The lowest BCUT2D eigenvalue weighted by atomic mass is 10.2. The molecule has 0 spiro atoms. The molecule has 0 fully saturated rings. The third-order valence-corrected chi connectivity index (χ3v) is 5.72. The quantitative estimate of drug-likeness (QED) is 0.726. The van der Waals surface area contributed by atoms with Gasteiger partial charge in [-0.3, -0.25) is 4.79 Å². The monoisotopic (exact) mass is 316 g/mol. The van der Waals surface area contributed by atoms with Gasteiger partial charge in [0.1, 0.15) is 10.7 Å². The van der Waals surface area contributed by atoms with Crippen LogP contribution in [0.15, 0.2) is 40.0 Å². The van der Waals surface area contributed by atoms with Crippen LogP contribution in [0.3, 0.4) is 0 Å². The van der Waals surface area contributed by atoms with Gasteiger partial charge in [0, 0.05) is 9.77 Å². The molecule has 1 aromatic carbocycles. The number of aromatic amines is 1. The number of thioether (sulfide) groups is 1. The van der Waals surface area contributed by atoms with Crippen LogP contribution in [-0.4, -0.2) is 9.97 Å². The van der Waals surface area contributed by atoms with E-state index in [0.29, 0.717) is 0 Å². The lowest BCUT2D eigenvalue weighted by Gasteiger charge is -2.10. The third-order valence-electron chi connectivity index (χ3n) is 3.50. The zero-order valence-corrected chi connectivity index (χ0v) is 13.8. The number of fused-ring (bicyclic) bond motifs is 1. The minimum atomic E-state index is -0.0302. The summed E-state index contributed by atoms with van der Waals surface area (Å²) in [4.78, 5) is 23.1. The number of thiophene rings is 1. The Morgan fingerprint density at radius 3 is 2.67 bits per heavy atom. The topological polar surface area (TPSA) is 45.8 Å². The molecule has 3 nitrogen and oxygen atoms in total. The molecule has 21 heavy (non-hydrogen) atoms. The van der Waals surface area contributed by atoms with Crippen molar-refractivity contribution in [2.75, 3.05) is 0 Å². The van der Waals surface area contributed by atoms with Crippen LogP contribution >= 0.6 is 23.1 Å². The Balaban J connectivity index is 1.99. The Morgan fingerprint density at radius 1 is 1.24 bits per heavy atom. The maximum Gasteiger partial charge on any atom is 0.259 e. The van der Waals surface area contributed by atoms with Gasteiger partial charge in [0.05, 0.1) is 10.6 Å². The van der Waals surface area contributed by atoms with E-state index in [-0.39, 0.29) is 10.8 Å². The Kier molecular flexibility index (Phi) is 3.87. The second kappa shape index (κ2) is 5.66. The van der Waals surface area contributed by atoms with E-state index in [1.165, 1.54) is 4.90 Å². The van der Waals surface area contributed by atoms with E-state index < -0.39 is 0 Å². The van der Waals surface area contributed by atoms with Crippen molar-refractivity contribution >= 4 is 33.3 Å². The number of benzene rings is 1. The molecule has 0 aliphatic rings. The molecule has 2 aromatic heterocycles. The molecule has 3 aromatic rings. The number of aryl methyl sites for hydroxylation is 2. The van der Waals surface area contributed by atoms with E-state index in [2.05, 4.69) is 29.0 Å². The lowest BCUT2D eigenvalue weighted by Crippen LogP contribution is -2.12. The molecule has 0 saturated carbocycles. The molecule has 0 amide bonds. The van der Waals surface area contributed by atoms with Crippen molar-refractivity contribution in [3.63, 3.8) is 0 Å². The smallest absolute Gasteiger partial charge is 0.259 e. The number of nitrogens with one attached hydrogen (secondary N) is 1. The van der Waals surface area contributed by atoms with Crippen LogP contribution in [0, 0.1) is 13.8 Å². The molecule has 0 bridgehead atoms. The van der Waals surface area contributed by atoms with E-state index in [1.807, 2.05) is 32.0 Å². The van der Waals surface area contributed by atoms with Crippen molar-refractivity contribution < 1.29 is 0 Å². The van der Waals surface area contributed by atoms with Gasteiger partial charge in [0.15, 0.2) is 0 Å². The largest absolute Gasteiger partial charge is 0.309 e. The first-order chi connectivity index (χ1) is 10.1. The highest BCUT2D eigenvalue weighted by atomic mass is 32.2. The van der Waals surface area contributed by atoms with Gasteiger partial charge in [0.25, 0.3) is 5.56 Å². The summed E-state index contributed by atoms with van der Waals surface area (Å²) in [7, 11) is 0. The van der Waals surface area contributed by atoms with E-state index in [4.69, 9.17) is 0 Å². The highest BCUT2D eigenvalue weighted by molar-refractivity contribution is 7.99. The molecule has 5 heteroatoms. The van der Waals surface area contributed by atoms with Crippen molar-refractivity contribution in [2.24, 2.45) is 0 Å². The fourth-order valence-electron chi connectivity index (χ4n) is 2.22. The second-order valence-corrected chi connectivity index (χ2v) is 7.61. The summed E-state index contributed by atoms with van der Waals surface area (Å²) in [5.41, 5.74) is 1.01. The number of rotatable bonds is 3. The van der Waals surface area contributed by atoms with E-state index in [9.17, 15) is 4.79 Å². The van der Waals surface area contributed by atoms with Crippen LogP contribution in [0.25, 0.3) is 10.2 Å². The van der Waals surface area contributed by atoms with Gasteiger partial charge in [0.2, 0.25) is 0 Å². The lowest BCUT2D eigenvalue weighted by molar-refractivity contribution is 0.925. The SMILES string of the molecule is Cc1sc2nc([C@H](C)Sc3ccccc3)[nH]c(=O)c2c1C. The summed E-state index contributed by atoms with van der Waals surface area (Å²) >= 11 is 3.29. The third kappa shape index (κ3) is 2.76. The maximum absolute atomic E-state index is 12.3. The summed E-state index contributed by atoms with van der Waals surface area (Å²) in [6.07, 6.45) is 0. The Bertz CT molecular complexity index is 837. The maximum atomic E-state index is 12.3. The molecule has 108 valence electrons. The van der Waals surface area contributed by atoms with E-state index in [1.54, 1.807) is 23.1 Å². The Morgan fingerprint density at radius 2 is 1.95 bits per heavy atom. The summed E-state index contributed by atoms with van der Waals surface area (Å²) < 4.78 is 0. The summed E-state index contributed by atoms with van der Waals surface area (Å²) in [6, 6.07) is 10.2. The molecular formula is C16H16N2OS2. The number of nitrogens with zero attached hydrogens (tertiary/aromatic N) is 1. The molecule has 3 rings (SSSR count). The van der Waals surface area contributed by atoms with Crippen molar-refractivity contribution in [3.05, 3.63) is 57.0 Å². The van der Waals surface area contributed by atoms with Crippen LogP contribution in [-0.2, 0) is 0 Å². The Labute approximate surface area is 131 Å². The summed E-state index contributed by atoms with van der Waals surface area (Å²) in [5, 5.41) is 0.838. The first-order valence-electron chi connectivity index (χ1n) is 6.78. The van der Waals surface area contributed by atoms with Crippen molar-refractivity contribution in [1.29, 1.82) is 0 Å². The van der Waals surface area contributed by atoms with E-state index >= 15 is 0 Å². The van der Waals surface area contributed by atoms with Crippen LogP contribution in [0.2, 0.25) is 0 Å². The molecule has 2 heterocycles. The van der Waals surface area contributed by atoms with Gasteiger partial charge >= 0.3 is 0 Å². The van der Waals surface area contributed by atoms with Crippen LogP contribution in [0.5, 0.6) is 0 Å². The van der Waals surface area contributed by atoms with Gasteiger partial charge in [-0.1, -0.05) is 18.2 Å². The fraction of sp³-hybridized carbons (Fsp3) is 0.250.